The minimum Gasteiger partial charge on any atom is -0.377 e. The second-order valence-corrected chi connectivity index (χ2v) is 4.96. The van der Waals surface area contributed by atoms with Crippen LogP contribution >= 0.6 is 0 Å². The van der Waals surface area contributed by atoms with Gasteiger partial charge in [-0.2, -0.15) is 0 Å². The Kier molecular flexibility index (Phi) is 7.77. The van der Waals surface area contributed by atoms with Crippen LogP contribution in [0.5, 0.6) is 0 Å². The Morgan fingerprint density at radius 3 is 2.18 bits per heavy atom. The number of nitrogens with zero attached hydrogens (tertiary/aromatic N) is 2. The predicted octanol–water partition coefficient (Wildman–Crippen LogP) is 0.639. The van der Waals surface area contributed by atoms with Gasteiger partial charge in [0.05, 0.1) is 12.7 Å². The lowest BCUT2D eigenvalue weighted by Gasteiger charge is -2.34. The zero-order valence-electron chi connectivity index (χ0n) is 11.7. The first-order valence-corrected chi connectivity index (χ1v) is 6.99. The van der Waals surface area contributed by atoms with Crippen molar-refractivity contribution in [2.45, 2.75) is 26.9 Å². The Hall–Kier alpha value is -0.160. The van der Waals surface area contributed by atoms with Crippen LogP contribution in [0, 0.1) is 0 Å². The van der Waals surface area contributed by atoms with Crippen molar-refractivity contribution in [2.75, 3.05) is 59.0 Å². The normalized spacial score (nSPS) is 19.1. The Morgan fingerprint density at radius 2 is 1.65 bits per heavy atom. The standard InChI is InChI=1S/C13H29N3O/c1-4-14-5-6-15-7-9-16(10-8-15)11-12-17-13(2)3/h13-14H,4-12H2,1-3H3. The van der Waals surface area contributed by atoms with Gasteiger partial charge in [0, 0.05) is 45.8 Å². The minimum absolute atomic E-state index is 0.358. The van der Waals surface area contributed by atoms with Crippen LogP contribution in [0.25, 0.3) is 0 Å². The van der Waals surface area contributed by atoms with Crippen LogP contribution in [-0.2, 0) is 4.74 Å². The molecule has 0 aromatic rings. The molecule has 102 valence electrons. The molecule has 0 spiro atoms. The first-order chi connectivity index (χ1) is 8.22. The van der Waals surface area contributed by atoms with E-state index in [0.29, 0.717) is 6.10 Å². The van der Waals surface area contributed by atoms with Crippen LogP contribution in [0.15, 0.2) is 0 Å². The third kappa shape index (κ3) is 6.99. The SMILES string of the molecule is CCNCCN1CCN(CCOC(C)C)CC1. The third-order valence-corrected chi connectivity index (χ3v) is 3.18. The summed E-state index contributed by atoms with van der Waals surface area (Å²) >= 11 is 0. The molecule has 1 aliphatic heterocycles. The maximum atomic E-state index is 5.59. The molecule has 0 aliphatic carbocycles. The van der Waals surface area contributed by atoms with Crippen molar-refractivity contribution in [3.8, 4) is 0 Å². The van der Waals surface area contributed by atoms with Crippen LogP contribution in [0.3, 0.4) is 0 Å². The van der Waals surface area contributed by atoms with Crippen molar-refractivity contribution in [2.24, 2.45) is 0 Å². The minimum atomic E-state index is 0.358. The molecule has 0 saturated carbocycles. The summed E-state index contributed by atoms with van der Waals surface area (Å²) in [6.07, 6.45) is 0.358. The molecule has 4 nitrogen and oxygen atoms in total. The smallest absolute Gasteiger partial charge is 0.0596 e. The van der Waals surface area contributed by atoms with E-state index in [-0.39, 0.29) is 0 Å². The molecule has 1 aliphatic rings. The largest absolute Gasteiger partial charge is 0.377 e. The van der Waals surface area contributed by atoms with E-state index in [2.05, 4.69) is 35.9 Å². The van der Waals surface area contributed by atoms with Gasteiger partial charge in [-0.25, -0.2) is 0 Å². The highest BCUT2D eigenvalue weighted by Gasteiger charge is 2.15. The van der Waals surface area contributed by atoms with Crippen LogP contribution in [0.4, 0.5) is 0 Å². The summed E-state index contributed by atoms with van der Waals surface area (Å²) in [4.78, 5) is 5.05. The average molecular weight is 243 g/mol. The van der Waals surface area contributed by atoms with Crippen LogP contribution in [0.2, 0.25) is 0 Å². The fraction of sp³-hybridized carbons (Fsp3) is 1.00. The summed E-state index contributed by atoms with van der Waals surface area (Å²) in [5.41, 5.74) is 0. The van der Waals surface area contributed by atoms with E-state index in [0.717, 1.165) is 26.2 Å². The monoisotopic (exact) mass is 243 g/mol. The molecule has 0 radical (unpaired) electrons. The van der Waals surface area contributed by atoms with Gasteiger partial charge in [0.25, 0.3) is 0 Å². The highest BCUT2D eigenvalue weighted by Crippen LogP contribution is 2.01. The number of hydrogen-bond acceptors (Lipinski definition) is 4. The van der Waals surface area contributed by atoms with E-state index < -0.39 is 0 Å². The lowest BCUT2D eigenvalue weighted by Crippen LogP contribution is -2.48. The Balaban J connectivity index is 2.01. The topological polar surface area (TPSA) is 27.7 Å². The van der Waals surface area contributed by atoms with E-state index in [1.807, 2.05) is 0 Å². The molecular weight excluding hydrogens is 214 g/mol. The highest BCUT2D eigenvalue weighted by molar-refractivity contribution is 4.72. The molecule has 0 atom stereocenters. The van der Waals surface area contributed by atoms with Gasteiger partial charge in [-0.3, -0.25) is 9.80 Å². The maximum Gasteiger partial charge on any atom is 0.0596 e. The Bertz CT molecular complexity index is 180. The Morgan fingerprint density at radius 1 is 1.06 bits per heavy atom. The first kappa shape index (κ1) is 14.9. The van der Waals surface area contributed by atoms with Crippen LogP contribution < -0.4 is 5.32 Å². The summed E-state index contributed by atoms with van der Waals surface area (Å²) in [5.74, 6) is 0. The fourth-order valence-corrected chi connectivity index (χ4v) is 2.07. The molecule has 1 saturated heterocycles. The molecule has 4 heteroatoms. The van der Waals surface area contributed by atoms with Crippen LogP contribution in [-0.4, -0.2) is 74.9 Å². The molecule has 0 aromatic heterocycles. The summed E-state index contributed by atoms with van der Waals surface area (Å²) in [6, 6.07) is 0. The average Bonchev–Trinajstić information content (AvgIpc) is 2.31. The number of ether oxygens (including phenoxy) is 1. The van der Waals surface area contributed by atoms with Crippen molar-refractivity contribution in [3.05, 3.63) is 0 Å². The van der Waals surface area contributed by atoms with Gasteiger partial charge in [-0.15, -0.1) is 0 Å². The number of piperazine rings is 1. The van der Waals surface area contributed by atoms with E-state index in [1.165, 1.54) is 32.7 Å². The molecule has 1 fully saturated rings. The molecule has 1 rings (SSSR count). The lowest BCUT2D eigenvalue weighted by atomic mass is 10.3. The summed E-state index contributed by atoms with van der Waals surface area (Å²) < 4.78 is 5.59. The van der Waals surface area contributed by atoms with Gasteiger partial charge in [0.2, 0.25) is 0 Å². The van der Waals surface area contributed by atoms with E-state index in [1.54, 1.807) is 0 Å². The molecule has 1 heterocycles. The van der Waals surface area contributed by atoms with Gasteiger partial charge in [-0.1, -0.05) is 6.92 Å². The molecule has 0 amide bonds. The maximum absolute atomic E-state index is 5.59. The summed E-state index contributed by atoms with van der Waals surface area (Å²) in [5, 5.41) is 3.38. The lowest BCUT2D eigenvalue weighted by molar-refractivity contribution is 0.0450. The molecular formula is C13H29N3O. The number of nitrogens with one attached hydrogen (secondary N) is 1. The van der Waals surface area contributed by atoms with Gasteiger partial charge < -0.3 is 10.1 Å². The molecule has 17 heavy (non-hydrogen) atoms. The second-order valence-electron chi connectivity index (χ2n) is 4.96. The third-order valence-electron chi connectivity index (χ3n) is 3.18. The fourth-order valence-electron chi connectivity index (χ4n) is 2.07. The summed E-state index contributed by atoms with van der Waals surface area (Å²) in [7, 11) is 0. The van der Waals surface area contributed by atoms with Gasteiger partial charge in [-0.05, 0) is 20.4 Å². The van der Waals surface area contributed by atoms with E-state index in [9.17, 15) is 0 Å². The Labute approximate surface area is 106 Å². The van der Waals surface area contributed by atoms with Crippen molar-refractivity contribution in [3.63, 3.8) is 0 Å². The number of likely N-dealkylation sites (N-methyl/N-ethyl adjacent to an activating group) is 1. The molecule has 0 bridgehead atoms. The van der Waals surface area contributed by atoms with Gasteiger partial charge in [0.15, 0.2) is 0 Å². The number of rotatable bonds is 8. The number of hydrogen-bond donors (Lipinski definition) is 1. The van der Waals surface area contributed by atoms with Crippen molar-refractivity contribution >= 4 is 0 Å². The van der Waals surface area contributed by atoms with Crippen molar-refractivity contribution in [1.82, 2.24) is 15.1 Å². The van der Waals surface area contributed by atoms with Gasteiger partial charge >= 0.3 is 0 Å². The second kappa shape index (κ2) is 8.86. The van der Waals surface area contributed by atoms with Crippen LogP contribution in [0.1, 0.15) is 20.8 Å². The van der Waals surface area contributed by atoms with E-state index >= 15 is 0 Å². The highest BCUT2D eigenvalue weighted by atomic mass is 16.5. The molecule has 1 N–H and O–H groups in total. The predicted molar refractivity (Wildman–Crippen MR) is 72.5 cm³/mol. The summed E-state index contributed by atoms with van der Waals surface area (Å²) in [6.45, 7) is 16.5. The van der Waals surface area contributed by atoms with E-state index in [4.69, 9.17) is 4.74 Å². The van der Waals surface area contributed by atoms with Crippen molar-refractivity contribution < 1.29 is 4.74 Å². The zero-order chi connectivity index (χ0) is 12.5. The first-order valence-electron chi connectivity index (χ1n) is 6.99. The van der Waals surface area contributed by atoms with Crippen molar-refractivity contribution in [1.29, 1.82) is 0 Å². The molecule has 0 aromatic carbocycles. The quantitative estimate of drug-likeness (QED) is 0.633. The molecule has 0 unspecified atom stereocenters. The zero-order valence-corrected chi connectivity index (χ0v) is 11.7. The van der Waals surface area contributed by atoms with Gasteiger partial charge in [0.1, 0.15) is 0 Å².